The molecule has 9 rings (SSSR count). The predicted octanol–water partition coefficient (Wildman–Crippen LogP) is 9.10. The molecule has 79 heavy (non-hydrogen) atoms. The average molecular weight is 1200 g/mol. The molecule has 4 amide bonds. The molecule has 0 spiro atoms. The summed E-state index contributed by atoms with van der Waals surface area (Å²) < 4.78 is 57.2. The van der Waals surface area contributed by atoms with Gasteiger partial charge in [-0.05, 0) is 121 Å². The minimum Gasteiger partial charge on any atom is -0.480 e. The number of nitrogens with zero attached hydrogens (tertiary/aromatic N) is 2. The summed E-state index contributed by atoms with van der Waals surface area (Å²) in [5.41, 5.74) is 5.22. The van der Waals surface area contributed by atoms with Crippen LogP contribution in [0.25, 0.3) is 21.9 Å². The van der Waals surface area contributed by atoms with E-state index in [1.165, 1.54) is 18.2 Å². The van der Waals surface area contributed by atoms with Gasteiger partial charge in [0.15, 0.2) is 9.84 Å². The SMILES string of the molecule is CS(=O)(=O)CCCC[C@H](NC(=O)c1c(Cl)cc2c(c1Cl)CCN(C(=O)c1ccc3ccoc3c1)C2)C(=O)O.CS(=O)(=O)c1cccc(C[C@H](NC(=O)c2c(Cl)cc3c(c2Cl)CCN(C(=O)c2ccc4ccoc4c2)C3)C(=O)O)c1. The van der Waals surface area contributed by atoms with Crippen molar-refractivity contribution < 1.29 is 64.7 Å². The van der Waals surface area contributed by atoms with Gasteiger partial charge in [-0.15, -0.1) is 0 Å². The zero-order valence-corrected chi connectivity index (χ0v) is 46.8. The molecule has 0 radical (unpaired) electrons. The third-order valence-corrected chi connectivity index (χ3v) is 17.0. The largest absolute Gasteiger partial charge is 0.480 e. The van der Waals surface area contributed by atoms with Crippen molar-refractivity contribution in [2.24, 2.45) is 0 Å². The number of hydrogen-bond acceptors (Lipinski definition) is 12. The Morgan fingerprint density at radius 1 is 0.620 bits per heavy atom. The number of sulfone groups is 2. The van der Waals surface area contributed by atoms with Crippen LogP contribution in [-0.4, -0.2) is 116 Å². The number of amides is 4. The lowest BCUT2D eigenvalue weighted by Gasteiger charge is -2.30. The second-order valence-electron chi connectivity index (χ2n) is 19.1. The molecule has 7 aromatic rings. The summed E-state index contributed by atoms with van der Waals surface area (Å²) in [5, 5.41) is 26.3. The summed E-state index contributed by atoms with van der Waals surface area (Å²) in [4.78, 5) is 79.6. The maximum atomic E-state index is 13.2. The zero-order chi connectivity index (χ0) is 57.1. The molecule has 18 nitrogen and oxygen atoms in total. The number of carboxylic acid groups (broad SMARTS) is 2. The van der Waals surface area contributed by atoms with Gasteiger partial charge >= 0.3 is 11.9 Å². The first-order valence-corrected chi connectivity index (χ1v) is 29.9. The molecule has 2 atom stereocenters. The van der Waals surface area contributed by atoms with Crippen molar-refractivity contribution in [1.29, 1.82) is 0 Å². The van der Waals surface area contributed by atoms with Crippen LogP contribution in [0.5, 0.6) is 0 Å². The van der Waals surface area contributed by atoms with Crippen LogP contribution >= 0.6 is 46.4 Å². The van der Waals surface area contributed by atoms with Gasteiger partial charge < -0.3 is 39.5 Å². The first kappa shape index (κ1) is 58.2. The van der Waals surface area contributed by atoms with Gasteiger partial charge in [0.25, 0.3) is 23.6 Å². The Hall–Kier alpha value is -6.94. The van der Waals surface area contributed by atoms with E-state index in [1.807, 2.05) is 24.3 Å². The van der Waals surface area contributed by atoms with E-state index in [2.05, 4.69) is 10.6 Å². The number of carboxylic acids is 2. The van der Waals surface area contributed by atoms with Crippen LogP contribution in [-0.2, 0) is 61.6 Å². The smallest absolute Gasteiger partial charge is 0.326 e. The fourth-order valence-corrected chi connectivity index (χ4v) is 12.3. The fraction of sp³-hybridized carbons (Fsp3) is 0.273. The molecule has 0 saturated heterocycles. The van der Waals surface area contributed by atoms with Crippen LogP contribution in [0.15, 0.2) is 111 Å². The Kier molecular flexibility index (Phi) is 17.8. The normalized spacial score (nSPS) is 14.1. The third kappa shape index (κ3) is 13.7. The minimum absolute atomic E-state index is 0.0146. The number of halogens is 4. The van der Waals surface area contributed by atoms with Crippen LogP contribution in [0.1, 0.15) is 88.5 Å². The summed E-state index contributed by atoms with van der Waals surface area (Å²) in [6.45, 7) is 1.17. The Morgan fingerprint density at radius 2 is 1.10 bits per heavy atom. The maximum Gasteiger partial charge on any atom is 0.326 e. The van der Waals surface area contributed by atoms with Gasteiger partial charge in [0.05, 0.1) is 48.6 Å². The fourth-order valence-electron chi connectivity index (χ4n) is 9.38. The van der Waals surface area contributed by atoms with Crippen molar-refractivity contribution >= 4 is 124 Å². The van der Waals surface area contributed by atoms with E-state index in [-0.39, 0.29) is 86.0 Å². The highest BCUT2D eigenvalue weighted by molar-refractivity contribution is 7.91. The van der Waals surface area contributed by atoms with Crippen LogP contribution < -0.4 is 10.6 Å². The van der Waals surface area contributed by atoms with Crippen LogP contribution in [0.2, 0.25) is 20.1 Å². The molecule has 0 fully saturated rings. The summed E-state index contributed by atoms with van der Waals surface area (Å²) >= 11 is 26.1. The molecule has 4 heterocycles. The first-order chi connectivity index (χ1) is 37.4. The van der Waals surface area contributed by atoms with E-state index >= 15 is 0 Å². The van der Waals surface area contributed by atoms with Gasteiger partial charge in [-0.1, -0.05) is 70.7 Å². The van der Waals surface area contributed by atoms with E-state index in [4.69, 9.17) is 55.2 Å². The lowest BCUT2D eigenvalue weighted by molar-refractivity contribution is -0.140. The maximum absolute atomic E-state index is 13.2. The number of hydrogen-bond donors (Lipinski definition) is 4. The van der Waals surface area contributed by atoms with Gasteiger partial charge in [-0.3, -0.25) is 19.2 Å². The number of carbonyl (C=O) groups is 6. The molecule has 2 aromatic heterocycles. The highest BCUT2D eigenvalue weighted by Crippen LogP contribution is 2.37. The molecule has 0 saturated carbocycles. The molecule has 5 aromatic carbocycles. The van der Waals surface area contributed by atoms with Gasteiger partial charge in [-0.2, -0.15) is 0 Å². The van der Waals surface area contributed by atoms with Crippen molar-refractivity contribution in [1.82, 2.24) is 20.4 Å². The van der Waals surface area contributed by atoms with Gasteiger partial charge in [-0.25, -0.2) is 26.4 Å². The van der Waals surface area contributed by atoms with E-state index in [0.717, 1.165) is 23.3 Å². The predicted molar refractivity (Wildman–Crippen MR) is 297 cm³/mol. The number of carbonyl (C=O) groups excluding carboxylic acids is 4. The Morgan fingerprint density at radius 3 is 1.56 bits per heavy atom. The number of furan rings is 2. The molecule has 0 unspecified atom stereocenters. The monoisotopic (exact) mass is 1190 g/mol. The van der Waals surface area contributed by atoms with E-state index in [1.54, 1.807) is 64.8 Å². The van der Waals surface area contributed by atoms with Crippen molar-refractivity contribution in [2.45, 2.75) is 68.6 Å². The molecule has 2 aliphatic rings. The first-order valence-electron chi connectivity index (χ1n) is 24.4. The number of fused-ring (bicyclic) bond motifs is 4. The number of unbranched alkanes of at least 4 members (excludes halogenated alkanes) is 1. The lowest BCUT2D eigenvalue weighted by Crippen LogP contribution is -2.42. The second kappa shape index (κ2) is 24.2. The molecule has 2 aliphatic heterocycles. The second-order valence-corrected chi connectivity index (χ2v) is 25.0. The summed E-state index contributed by atoms with van der Waals surface area (Å²) in [6, 6.07) is 20.5. The van der Waals surface area contributed by atoms with E-state index in [9.17, 15) is 55.8 Å². The van der Waals surface area contributed by atoms with Crippen molar-refractivity contribution in [2.75, 3.05) is 31.4 Å². The summed E-state index contributed by atoms with van der Waals surface area (Å²) in [5.74, 6) is -4.49. The summed E-state index contributed by atoms with van der Waals surface area (Å²) in [7, 11) is -6.66. The molecular formula is C55H50Cl4N4O14S2. The highest BCUT2D eigenvalue weighted by atomic mass is 35.5. The van der Waals surface area contributed by atoms with Crippen molar-refractivity contribution in [3.63, 3.8) is 0 Å². The molecular weight excluding hydrogens is 1150 g/mol. The molecule has 0 bridgehead atoms. The topological polar surface area (TPSA) is 268 Å². The van der Waals surface area contributed by atoms with Crippen LogP contribution in [0, 0.1) is 0 Å². The van der Waals surface area contributed by atoms with Gasteiger partial charge in [0.1, 0.15) is 33.1 Å². The molecule has 24 heteroatoms. The van der Waals surface area contributed by atoms with Gasteiger partial charge in [0.2, 0.25) is 0 Å². The summed E-state index contributed by atoms with van der Waals surface area (Å²) in [6.07, 6.45) is 6.50. The Labute approximate surface area is 473 Å². The zero-order valence-electron chi connectivity index (χ0n) is 42.2. The Bertz CT molecular complexity index is 3820. The average Bonchev–Trinajstić information content (AvgIpc) is 4.18. The minimum atomic E-state index is -3.50. The molecule has 4 N–H and O–H groups in total. The lowest BCUT2D eigenvalue weighted by atomic mass is 9.95. The van der Waals surface area contributed by atoms with Crippen molar-refractivity contribution in [3.05, 3.63) is 168 Å². The third-order valence-electron chi connectivity index (χ3n) is 13.5. The highest BCUT2D eigenvalue weighted by Gasteiger charge is 2.32. The molecule has 414 valence electrons. The number of rotatable bonds is 16. The van der Waals surface area contributed by atoms with E-state index in [0.29, 0.717) is 82.5 Å². The number of aliphatic carboxylic acids is 2. The quantitative estimate of drug-likeness (QED) is 0.0658. The van der Waals surface area contributed by atoms with Gasteiger partial charge in [0, 0.05) is 72.8 Å². The molecule has 0 aliphatic carbocycles. The van der Waals surface area contributed by atoms with Crippen molar-refractivity contribution in [3.8, 4) is 0 Å². The number of benzene rings is 5. The standard InChI is InChI=1S/C29H24Cl2N2O7S.C26H26Cl2N2O7S/c1-41(38,39)20-4-2-3-16(11-20)12-23(29(36)37)32-27(34)25-22(30)13-19-15-33(9-7-21(19)26(25)31)28(35)18-6-5-17-8-10-40-24(17)14-18;1-38(35,36)11-3-2-4-20(26(33)34)29-24(31)22-19(27)12-17-14-30(9-7-18(17)23(22)28)25(32)16-6-5-15-8-10-37-21(15)13-16/h2-6,8,10-11,13-14,23H,7,9,12,15H2,1H3,(H,32,34)(H,36,37);5-6,8,10,12-13,20H,2-4,7,9,11,14H2,1H3,(H,29,31)(H,33,34)/t23-;20-/m00/s1. The van der Waals surface area contributed by atoms with Crippen LogP contribution in [0.3, 0.4) is 0 Å². The van der Waals surface area contributed by atoms with E-state index < -0.39 is 55.5 Å². The van der Waals surface area contributed by atoms with Crippen LogP contribution in [0.4, 0.5) is 0 Å². The number of nitrogens with one attached hydrogen (secondary N) is 2. The Balaban J connectivity index is 0.000000209.